The molecule has 1 aromatic heterocycles. The molecule has 0 radical (unpaired) electrons. The van der Waals surface area contributed by atoms with Gasteiger partial charge in [-0.3, -0.25) is 9.59 Å². The monoisotopic (exact) mass is 354 g/mol. The summed E-state index contributed by atoms with van der Waals surface area (Å²) in [5.74, 6) is -0.143. The third kappa shape index (κ3) is 3.23. The van der Waals surface area contributed by atoms with Crippen molar-refractivity contribution >= 4 is 11.9 Å². The second-order valence-corrected chi connectivity index (χ2v) is 7.12. The van der Waals surface area contributed by atoms with E-state index in [-0.39, 0.29) is 24.8 Å². The SMILES string of the molecule is O=C1C[C@@H](C(=O)NCc2cc(-c3ccccc3)on2)C2(CCCCC2)O1. The number of carbonyl (C=O) groups excluding carboxylic acids is 2. The minimum atomic E-state index is -0.599. The lowest BCUT2D eigenvalue weighted by Gasteiger charge is -2.35. The molecular weight excluding hydrogens is 332 g/mol. The number of esters is 1. The van der Waals surface area contributed by atoms with Gasteiger partial charge in [0.25, 0.3) is 0 Å². The molecule has 1 saturated heterocycles. The van der Waals surface area contributed by atoms with Gasteiger partial charge in [-0.05, 0) is 25.7 Å². The molecule has 1 amide bonds. The summed E-state index contributed by atoms with van der Waals surface area (Å²) < 4.78 is 11.0. The molecule has 1 aliphatic carbocycles. The molecule has 0 unspecified atom stereocenters. The molecule has 6 nitrogen and oxygen atoms in total. The zero-order valence-electron chi connectivity index (χ0n) is 14.6. The van der Waals surface area contributed by atoms with Crippen molar-refractivity contribution in [1.82, 2.24) is 10.5 Å². The van der Waals surface area contributed by atoms with Gasteiger partial charge in [-0.15, -0.1) is 0 Å². The number of ether oxygens (including phenoxy) is 1. The fourth-order valence-corrected chi connectivity index (χ4v) is 4.06. The van der Waals surface area contributed by atoms with Crippen LogP contribution in [-0.4, -0.2) is 22.6 Å². The molecule has 4 rings (SSSR count). The summed E-state index contributed by atoms with van der Waals surface area (Å²) >= 11 is 0. The van der Waals surface area contributed by atoms with Crippen LogP contribution in [0.4, 0.5) is 0 Å². The van der Waals surface area contributed by atoms with Crippen LogP contribution in [0.15, 0.2) is 40.9 Å². The number of nitrogens with zero attached hydrogens (tertiary/aromatic N) is 1. The molecule has 2 aromatic rings. The van der Waals surface area contributed by atoms with Crippen LogP contribution >= 0.6 is 0 Å². The molecule has 2 heterocycles. The Kier molecular flexibility index (Phi) is 4.49. The van der Waals surface area contributed by atoms with Crippen LogP contribution < -0.4 is 5.32 Å². The minimum Gasteiger partial charge on any atom is -0.458 e. The zero-order valence-corrected chi connectivity index (χ0v) is 14.6. The van der Waals surface area contributed by atoms with Gasteiger partial charge in [0.2, 0.25) is 5.91 Å². The zero-order chi connectivity index (χ0) is 18.0. The fourth-order valence-electron chi connectivity index (χ4n) is 4.06. The number of hydrogen-bond donors (Lipinski definition) is 1. The molecule has 1 saturated carbocycles. The summed E-state index contributed by atoms with van der Waals surface area (Å²) in [5.41, 5.74) is 0.993. The summed E-state index contributed by atoms with van der Waals surface area (Å²) in [7, 11) is 0. The third-order valence-corrected chi connectivity index (χ3v) is 5.40. The Morgan fingerprint density at radius 1 is 1.19 bits per heavy atom. The van der Waals surface area contributed by atoms with E-state index in [1.165, 1.54) is 0 Å². The maximum atomic E-state index is 12.7. The first kappa shape index (κ1) is 16.8. The van der Waals surface area contributed by atoms with E-state index >= 15 is 0 Å². The maximum Gasteiger partial charge on any atom is 0.307 e. The molecule has 1 aromatic carbocycles. The number of aromatic nitrogens is 1. The number of amides is 1. The second kappa shape index (κ2) is 6.94. The maximum absolute atomic E-state index is 12.7. The molecule has 0 bridgehead atoms. The van der Waals surface area contributed by atoms with Crippen molar-refractivity contribution in [2.75, 3.05) is 0 Å². The van der Waals surface area contributed by atoms with Gasteiger partial charge in [-0.25, -0.2) is 0 Å². The lowest BCUT2D eigenvalue weighted by atomic mass is 9.75. The average molecular weight is 354 g/mol. The van der Waals surface area contributed by atoms with Crippen molar-refractivity contribution in [2.45, 2.75) is 50.7 Å². The Balaban J connectivity index is 1.41. The van der Waals surface area contributed by atoms with Gasteiger partial charge < -0.3 is 14.6 Å². The number of hydrogen-bond acceptors (Lipinski definition) is 5. The number of nitrogens with one attached hydrogen (secondary N) is 1. The molecule has 6 heteroatoms. The van der Waals surface area contributed by atoms with Crippen LogP contribution in [0, 0.1) is 5.92 Å². The molecule has 26 heavy (non-hydrogen) atoms. The number of benzene rings is 1. The quantitative estimate of drug-likeness (QED) is 0.853. The van der Waals surface area contributed by atoms with E-state index in [2.05, 4.69) is 10.5 Å². The largest absolute Gasteiger partial charge is 0.458 e. The summed E-state index contributed by atoms with van der Waals surface area (Å²) in [6, 6.07) is 11.5. The normalized spacial score (nSPS) is 21.5. The van der Waals surface area contributed by atoms with Gasteiger partial charge in [0.15, 0.2) is 5.76 Å². The van der Waals surface area contributed by atoms with Crippen LogP contribution in [0.1, 0.15) is 44.2 Å². The first-order valence-corrected chi connectivity index (χ1v) is 9.17. The first-order chi connectivity index (χ1) is 12.7. The van der Waals surface area contributed by atoms with Gasteiger partial charge in [0.05, 0.1) is 18.9 Å². The third-order valence-electron chi connectivity index (χ3n) is 5.40. The highest BCUT2D eigenvalue weighted by Crippen LogP contribution is 2.44. The van der Waals surface area contributed by atoms with Crippen molar-refractivity contribution in [3.63, 3.8) is 0 Å². The standard InChI is InChI=1S/C20H22N2O4/c23-18-12-16(20(25-18)9-5-2-6-10-20)19(24)21-13-15-11-17(26-22-15)14-7-3-1-4-8-14/h1,3-4,7-8,11,16H,2,5-6,9-10,12-13H2,(H,21,24)/t16-/m0/s1. The van der Waals surface area contributed by atoms with Crippen LogP contribution in [0.5, 0.6) is 0 Å². The smallest absolute Gasteiger partial charge is 0.307 e. The molecule has 1 aliphatic heterocycles. The lowest BCUT2D eigenvalue weighted by Crippen LogP contribution is -2.45. The molecule has 1 atom stereocenters. The second-order valence-electron chi connectivity index (χ2n) is 7.12. The van der Waals surface area contributed by atoms with E-state index in [4.69, 9.17) is 9.26 Å². The fraction of sp³-hybridized carbons (Fsp3) is 0.450. The highest BCUT2D eigenvalue weighted by molar-refractivity contribution is 5.87. The molecule has 2 fully saturated rings. The van der Waals surface area contributed by atoms with Crippen molar-refractivity contribution in [2.24, 2.45) is 5.92 Å². The van der Waals surface area contributed by atoms with Gasteiger partial charge in [-0.1, -0.05) is 41.9 Å². The summed E-state index contributed by atoms with van der Waals surface area (Å²) in [6.45, 7) is 0.274. The van der Waals surface area contributed by atoms with E-state index in [9.17, 15) is 9.59 Å². The van der Waals surface area contributed by atoms with Gasteiger partial charge >= 0.3 is 5.97 Å². The van der Waals surface area contributed by atoms with Crippen molar-refractivity contribution in [1.29, 1.82) is 0 Å². The molecule has 2 aliphatic rings. The lowest BCUT2D eigenvalue weighted by molar-refractivity contribution is -0.153. The Labute approximate surface area is 151 Å². The van der Waals surface area contributed by atoms with E-state index in [0.717, 1.165) is 37.7 Å². The van der Waals surface area contributed by atoms with Crippen LogP contribution in [0.2, 0.25) is 0 Å². The van der Waals surface area contributed by atoms with Crippen molar-refractivity contribution in [3.8, 4) is 11.3 Å². The van der Waals surface area contributed by atoms with Crippen LogP contribution in [-0.2, 0) is 20.9 Å². The average Bonchev–Trinajstić information content (AvgIpc) is 3.26. The van der Waals surface area contributed by atoms with Crippen molar-refractivity contribution < 1.29 is 18.8 Å². The summed E-state index contributed by atoms with van der Waals surface area (Å²) in [5, 5.41) is 6.93. The Morgan fingerprint density at radius 2 is 1.96 bits per heavy atom. The summed E-state index contributed by atoms with van der Waals surface area (Å²) in [4.78, 5) is 24.5. The predicted molar refractivity (Wildman–Crippen MR) is 93.8 cm³/mol. The van der Waals surface area contributed by atoms with Gasteiger partial charge in [0, 0.05) is 11.6 Å². The number of carbonyl (C=O) groups is 2. The van der Waals surface area contributed by atoms with E-state index in [0.29, 0.717) is 11.5 Å². The highest BCUT2D eigenvalue weighted by atomic mass is 16.6. The van der Waals surface area contributed by atoms with Crippen molar-refractivity contribution in [3.05, 3.63) is 42.1 Å². The predicted octanol–water partition coefficient (Wildman–Crippen LogP) is 3.22. The minimum absolute atomic E-state index is 0.137. The highest BCUT2D eigenvalue weighted by Gasteiger charge is 2.52. The molecule has 136 valence electrons. The topological polar surface area (TPSA) is 81.4 Å². The first-order valence-electron chi connectivity index (χ1n) is 9.17. The molecule has 1 spiro atoms. The van der Waals surface area contributed by atoms with Gasteiger partial charge in [-0.2, -0.15) is 0 Å². The molecule has 1 N–H and O–H groups in total. The van der Waals surface area contributed by atoms with E-state index < -0.39 is 11.5 Å². The molecular formula is C20H22N2O4. The van der Waals surface area contributed by atoms with E-state index in [1.54, 1.807) is 0 Å². The Morgan fingerprint density at radius 3 is 2.73 bits per heavy atom. The number of rotatable bonds is 4. The Bertz CT molecular complexity index is 793. The van der Waals surface area contributed by atoms with E-state index in [1.807, 2.05) is 36.4 Å². The van der Waals surface area contributed by atoms with Crippen LogP contribution in [0.3, 0.4) is 0 Å². The summed E-state index contributed by atoms with van der Waals surface area (Å²) in [6.07, 6.45) is 4.86. The Hall–Kier alpha value is -2.63. The van der Waals surface area contributed by atoms with Gasteiger partial charge in [0.1, 0.15) is 11.3 Å². The van der Waals surface area contributed by atoms with Crippen LogP contribution in [0.25, 0.3) is 11.3 Å².